The van der Waals surface area contributed by atoms with Gasteiger partial charge in [0.15, 0.2) is 0 Å². The molecule has 0 unspecified atom stereocenters. The molecule has 2 aromatic carbocycles. The van der Waals surface area contributed by atoms with Crippen LogP contribution in [0.2, 0.25) is 5.02 Å². The summed E-state index contributed by atoms with van der Waals surface area (Å²) in [5, 5.41) is 3.10. The van der Waals surface area contributed by atoms with Crippen molar-refractivity contribution in [1.82, 2.24) is 4.31 Å². The van der Waals surface area contributed by atoms with Crippen LogP contribution in [-0.4, -0.2) is 45.9 Å². The van der Waals surface area contributed by atoms with Gasteiger partial charge >= 0.3 is 0 Å². The van der Waals surface area contributed by atoms with Crippen LogP contribution in [0.3, 0.4) is 0 Å². The number of sulfonamides is 1. The first-order valence-corrected chi connectivity index (χ1v) is 9.91. The van der Waals surface area contributed by atoms with E-state index in [4.69, 9.17) is 21.1 Å². The lowest BCUT2D eigenvalue weighted by Gasteiger charge is -2.20. The van der Waals surface area contributed by atoms with E-state index in [0.717, 1.165) is 4.31 Å². The van der Waals surface area contributed by atoms with Crippen molar-refractivity contribution in [1.29, 1.82) is 0 Å². The first-order valence-electron chi connectivity index (χ1n) is 8.09. The molecule has 0 aliphatic heterocycles. The second-order valence-electron chi connectivity index (χ2n) is 5.50. The van der Waals surface area contributed by atoms with E-state index >= 15 is 0 Å². The standard InChI is InChI=1S/C18H21ClN2O5S/c1-4-21(27(23,24)15-8-5-13(19)6-9-15)12-18(22)20-16-10-7-14(25-2)11-17(16)26-3/h5-11H,4,12H2,1-3H3,(H,20,22). The summed E-state index contributed by atoms with van der Waals surface area (Å²) in [7, 11) is -0.831. The van der Waals surface area contributed by atoms with Crippen molar-refractivity contribution >= 4 is 33.2 Å². The van der Waals surface area contributed by atoms with Crippen LogP contribution < -0.4 is 14.8 Å². The van der Waals surface area contributed by atoms with E-state index in [1.54, 1.807) is 25.1 Å². The third kappa shape index (κ3) is 5.12. The molecule has 1 amide bonds. The Balaban J connectivity index is 2.16. The van der Waals surface area contributed by atoms with E-state index in [-0.39, 0.29) is 18.0 Å². The monoisotopic (exact) mass is 412 g/mol. The van der Waals surface area contributed by atoms with Crippen molar-refractivity contribution in [3.63, 3.8) is 0 Å². The molecule has 146 valence electrons. The SMILES string of the molecule is CCN(CC(=O)Nc1ccc(OC)cc1OC)S(=O)(=O)c1ccc(Cl)cc1. The van der Waals surface area contributed by atoms with Gasteiger partial charge in [0, 0.05) is 17.6 Å². The number of hydrogen-bond acceptors (Lipinski definition) is 5. The third-order valence-corrected chi connectivity index (χ3v) is 5.99. The Morgan fingerprint density at radius 3 is 2.33 bits per heavy atom. The minimum Gasteiger partial charge on any atom is -0.497 e. The lowest BCUT2D eigenvalue weighted by molar-refractivity contribution is -0.116. The van der Waals surface area contributed by atoms with Crippen LogP contribution in [0.5, 0.6) is 11.5 Å². The maximum absolute atomic E-state index is 12.7. The molecule has 0 saturated carbocycles. The van der Waals surface area contributed by atoms with E-state index < -0.39 is 15.9 Å². The summed E-state index contributed by atoms with van der Waals surface area (Å²) in [6, 6.07) is 10.7. The number of halogens is 1. The predicted octanol–water partition coefficient (Wildman–Crippen LogP) is 3.01. The molecule has 0 bridgehead atoms. The van der Waals surface area contributed by atoms with Crippen LogP contribution in [0, 0.1) is 0 Å². The molecule has 2 aromatic rings. The zero-order valence-electron chi connectivity index (χ0n) is 15.2. The highest BCUT2D eigenvalue weighted by atomic mass is 35.5. The zero-order chi connectivity index (χ0) is 20.0. The van der Waals surface area contributed by atoms with Gasteiger partial charge < -0.3 is 14.8 Å². The summed E-state index contributed by atoms with van der Waals surface area (Å²) in [6.45, 7) is 1.46. The molecule has 7 nitrogen and oxygen atoms in total. The number of anilines is 1. The van der Waals surface area contributed by atoms with E-state index in [1.165, 1.54) is 38.5 Å². The van der Waals surface area contributed by atoms with Gasteiger partial charge in [-0.15, -0.1) is 0 Å². The Labute approximate surface area is 163 Å². The number of benzene rings is 2. The van der Waals surface area contributed by atoms with E-state index in [1.807, 2.05) is 0 Å². The fraction of sp³-hybridized carbons (Fsp3) is 0.278. The number of carbonyl (C=O) groups excluding carboxylic acids is 1. The van der Waals surface area contributed by atoms with E-state index in [9.17, 15) is 13.2 Å². The van der Waals surface area contributed by atoms with E-state index in [2.05, 4.69) is 5.32 Å². The van der Waals surface area contributed by atoms with Crippen LogP contribution in [0.1, 0.15) is 6.92 Å². The number of methoxy groups -OCH3 is 2. The van der Waals surface area contributed by atoms with Gasteiger partial charge in [-0.1, -0.05) is 18.5 Å². The van der Waals surface area contributed by atoms with Crippen LogP contribution in [0.15, 0.2) is 47.4 Å². The fourth-order valence-corrected chi connectivity index (χ4v) is 3.91. The largest absolute Gasteiger partial charge is 0.497 e. The third-order valence-electron chi connectivity index (χ3n) is 3.81. The lowest BCUT2D eigenvalue weighted by Crippen LogP contribution is -2.37. The summed E-state index contributed by atoms with van der Waals surface area (Å²) in [5.41, 5.74) is 0.420. The highest BCUT2D eigenvalue weighted by Crippen LogP contribution is 2.29. The van der Waals surface area contributed by atoms with Crippen molar-refractivity contribution in [2.75, 3.05) is 32.6 Å². The maximum Gasteiger partial charge on any atom is 0.243 e. The average molecular weight is 413 g/mol. The van der Waals surface area contributed by atoms with Crippen LogP contribution in [-0.2, 0) is 14.8 Å². The topological polar surface area (TPSA) is 84.9 Å². The Kier molecular flexibility index (Phi) is 7.06. The zero-order valence-corrected chi connectivity index (χ0v) is 16.8. The molecular weight excluding hydrogens is 392 g/mol. The van der Waals surface area contributed by atoms with Gasteiger partial charge in [0.1, 0.15) is 11.5 Å². The molecule has 1 N–H and O–H groups in total. The number of rotatable bonds is 8. The van der Waals surface area contributed by atoms with Crippen molar-refractivity contribution in [3.8, 4) is 11.5 Å². The summed E-state index contributed by atoms with van der Waals surface area (Å²) in [5.74, 6) is 0.495. The molecule has 0 aromatic heterocycles. The number of likely N-dealkylation sites (N-methyl/N-ethyl adjacent to an activating group) is 1. The molecule has 0 fully saturated rings. The summed E-state index contributed by atoms with van der Waals surface area (Å²) in [4.78, 5) is 12.5. The molecule has 27 heavy (non-hydrogen) atoms. The number of hydrogen-bond donors (Lipinski definition) is 1. The number of ether oxygens (including phenoxy) is 2. The van der Waals surface area contributed by atoms with Crippen LogP contribution in [0.25, 0.3) is 0 Å². The van der Waals surface area contributed by atoms with Crippen molar-refractivity contribution in [2.24, 2.45) is 0 Å². The molecule has 9 heteroatoms. The highest BCUT2D eigenvalue weighted by molar-refractivity contribution is 7.89. The normalized spacial score (nSPS) is 11.3. The molecule has 0 aliphatic carbocycles. The second kappa shape index (κ2) is 9.07. The molecular formula is C18H21ClN2O5S. The Bertz CT molecular complexity index is 900. The van der Waals surface area contributed by atoms with Gasteiger partial charge in [-0.05, 0) is 36.4 Å². The van der Waals surface area contributed by atoms with Gasteiger partial charge in [0.05, 0.1) is 31.3 Å². The van der Waals surface area contributed by atoms with Gasteiger partial charge in [-0.25, -0.2) is 8.42 Å². The number of amides is 1. The first kappa shape index (κ1) is 21.0. The Morgan fingerprint density at radius 1 is 1.11 bits per heavy atom. The minimum atomic E-state index is -3.82. The Morgan fingerprint density at radius 2 is 1.78 bits per heavy atom. The van der Waals surface area contributed by atoms with Crippen LogP contribution >= 0.6 is 11.6 Å². The minimum absolute atomic E-state index is 0.0728. The lowest BCUT2D eigenvalue weighted by atomic mass is 10.2. The summed E-state index contributed by atoms with van der Waals surface area (Å²) >= 11 is 5.81. The van der Waals surface area contributed by atoms with Crippen molar-refractivity contribution in [2.45, 2.75) is 11.8 Å². The molecule has 0 radical (unpaired) electrons. The number of carbonyl (C=O) groups is 1. The number of nitrogens with zero attached hydrogens (tertiary/aromatic N) is 1. The van der Waals surface area contributed by atoms with Crippen molar-refractivity contribution < 1.29 is 22.7 Å². The maximum atomic E-state index is 12.7. The van der Waals surface area contributed by atoms with Gasteiger partial charge in [0.2, 0.25) is 15.9 Å². The quantitative estimate of drug-likeness (QED) is 0.720. The number of nitrogens with one attached hydrogen (secondary N) is 1. The Hall–Kier alpha value is -2.29. The van der Waals surface area contributed by atoms with Crippen LogP contribution in [0.4, 0.5) is 5.69 Å². The molecule has 0 spiro atoms. The van der Waals surface area contributed by atoms with Gasteiger partial charge in [0.25, 0.3) is 0 Å². The highest BCUT2D eigenvalue weighted by Gasteiger charge is 2.25. The van der Waals surface area contributed by atoms with Crippen molar-refractivity contribution in [3.05, 3.63) is 47.5 Å². The summed E-state index contributed by atoms with van der Waals surface area (Å²) < 4.78 is 36.9. The average Bonchev–Trinajstić information content (AvgIpc) is 2.66. The second-order valence-corrected chi connectivity index (χ2v) is 7.87. The fourth-order valence-electron chi connectivity index (χ4n) is 2.37. The molecule has 0 atom stereocenters. The van der Waals surface area contributed by atoms with Gasteiger partial charge in [-0.3, -0.25) is 4.79 Å². The molecule has 0 saturated heterocycles. The van der Waals surface area contributed by atoms with Gasteiger partial charge in [-0.2, -0.15) is 4.31 Å². The van der Waals surface area contributed by atoms with E-state index in [0.29, 0.717) is 22.2 Å². The molecule has 0 heterocycles. The molecule has 0 aliphatic rings. The smallest absolute Gasteiger partial charge is 0.243 e. The summed E-state index contributed by atoms with van der Waals surface area (Å²) in [6.07, 6.45) is 0. The first-order chi connectivity index (χ1) is 12.8. The molecule has 2 rings (SSSR count). The predicted molar refractivity (Wildman–Crippen MR) is 104 cm³/mol.